The highest BCUT2D eigenvalue weighted by atomic mass is 16.5. The first-order chi connectivity index (χ1) is 7.36. The van der Waals surface area contributed by atoms with Crippen molar-refractivity contribution in [3.8, 4) is 0 Å². The van der Waals surface area contributed by atoms with Gasteiger partial charge in [0.1, 0.15) is 0 Å². The third kappa shape index (κ3) is 5.53. The Labute approximate surface area is 94.8 Å². The molecule has 0 aromatic carbocycles. The van der Waals surface area contributed by atoms with E-state index >= 15 is 0 Å². The molecule has 0 amide bonds. The van der Waals surface area contributed by atoms with Crippen molar-refractivity contribution in [2.45, 2.75) is 57.9 Å². The molecular weight excluding hydrogens is 186 g/mol. The van der Waals surface area contributed by atoms with Crippen molar-refractivity contribution in [3.63, 3.8) is 0 Å². The van der Waals surface area contributed by atoms with Gasteiger partial charge in [0.05, 0.1) is 0 Å². The number of methoxy groups -OCH3 is 1. The van der Waals surface area contributed by atoms with Gasteiger partial charge >= 0.3 is 0 Å². The third-order valence-corrected chi connectivity index (χ3v) is 3.49. The minimum atomic E-state index is 0.730. The molecule has 0 aromatic rings. The van der Waals surface area contributed by atoms with Crippen LogP contribution in [-0.2, 0) is 4.74 Å². The molecule has 2 nitrogen and oxygen atoms in total. The lowest BCUT2D eigenvalue weighted by Gasteiger charge is -2.21. The summed E-state index contributed by atoms with van der Waals surface area (Å²) < 4.78 is 5.11. The first-order valence-electron chi connectivity index (χ1n) is 6.59. The average molecular weight is 213 g/mol. The van der Waals surface area contributed by atoms with Crippen LogP contribution in [0.25, 0.3) is 0 Å². The second-order valence-corrected chi connectivity index (χ2v) is 4.78. The van der Waals surface area contributed by atoms with Gasteiger partial charge in [0.15, 0.2) is 0 Å². The Hall–Kier alpha value is -0.0800. The number of hydrogen-bond donors (Lipinski definition) is 1. The zero-order valence-corrected chi connectivity index (χ0v) is 10.4. The molecule has 1 aliphatic carbocycles. The van der Waals surface area contributed by atoms with Gasteiger partial charge in [-0.1, -0.05) is 32.6 Å². The topological polar surface area (TPSA) is 21.3 Å². The summed E-state index contributed by atoms with van der Waals surface area (Å²) in [5.41, 5.74) is 0. The Kier molecular flexibility index (Phi) is 7.03. The fourth-order valence-corrected chi connectivity index (χ4v) is 2.71. The highest BCUT2D eigenvalue weighted by Crippen LogP contribution is 2.29. The van der Waals surface area contributed by atoms with E-state index in [1.807, 2.05) is 0 Å². The average Bonchev–Trinajstić information content (AvgIpc) is 2.71. The van der Waals surface area contributed by atoms with Crippen LogP contribution in [0.15, 0.2) is 0 Å². The molecule has 0 radical (unpaired) electrons. The highest BCUT2D eigenvalue weighted by Gasteiger charge is 2.19. The fourth-order valence-electron chi connectivity index (χ4n) is 2.71. The second kappa shape index (κ2) is 8.12. The zero-order chi connectivity index (χ0) is 10.9. The van der Waals surface area contributed by atoms with E-state index in [-0.39, 0.29) is 0 Å². The Morgan fingerprint density at radius 2 is 2.07 bits per heavy atom. The molecule has 1 unspecified atom stereocenters. The maximum atomic E-state index is 5.11. The molecular formula is C13H27NO. The van der Waals surface area contributed by atoms with E-state index < -0.39 is 0 Å². The Morgan fingerprint density at radius 3 is 2.67 bits per heavy atom. The predicted octanol–water partition coefficient (Wildman–Crippen LogP) is 2.97. The lowest BCUT2D eigenvalue weighted by Crippen LogP contribution is -2.31. The van der Waals surface area contributed by atoms with Crippen molar-refractivity contribution in [1.29, 1.82) is 0 Å². The van der Waals surface area contributed by atoms with Gasteiger partial charge in [-0.3, -0.25) is 0 Å². The molecule has 1 fully saturated rings. The summed E-state index contributed by atoms with van der Waals surface area (Å²) in [6.45, 7) is 4.22. The molecule has 1 aliphatic rings. The van der Waals surface area contributed by atoms with E-state index in [0.29, 0.717) is 0 Å². The largest absolute Gasteiger partial charge is 0.385 e. The van der Waals surface area contributed by atoms with Crippen LogP contribution in [0.1, 0.15) is 51.9 Å². The molecule has 0 saturated heterocycles. The van der Waals surface area contributed by atoms with E-state index in [4.69, 9.17) is 4.74 Å². The molecule has 1 atom stereocenters. The Morgan fingerprint density at radius 1 is 1.33 bits per heavy atom. The standard InChI is InChI=1S/C13H27NO/c1-3-14-13(9-6-10-15-2)11-12-7-4-5-8-12/h12-14H,3-11H2,1-2H3. The molecule has 0 aromatic heterocycles. The molecule has 0 spiro atoms. The van der Waals surface area contributed by atoms with Gasteiger partial charge in [0.25, 0.3) is 0 Å². The summed E-state index contributed by atoms with van der Waals surface area (Å²) in [7, 11) is 1.79. The quantitative estimate of drug-likeness (QED) is 0.626. The molecule has 1 N–H and O–H groups in total. The van der Waals surface area contributed by atoms with Crippen LogP contribution in [0, 0.1) is 5.92 Å². The van der Waals surface area contributed by atoms with Gasteiger partial charge in [-0.25, -0.2) is 0 Å². The van der Waals surface area contributed by atoms with E-state index in [9.17, 15) is 0 Å². The maximum absolute atomic E-state index is 5.11. The highest BCUT2D eigenvalue weighted by molar-refractivity contribution is 4.75. The monoisotopic (exact) mass is 213 g/mol. The summed E-state index contributed by atoms with van der Waals surface area (Å²) in [6.07, 6.45) is 9.71. The number of nitrogens with one attached hydrogen (secondary N) is 1. The fraction of sp³-hybridized carbons (Fsp3) is 1.00. The molecule has 1 rings (SSSR count). The molecule has 15 heavy (non-hydrogen) atoms. The molecule has 0 aliphatic heterocycles. The van der Waals surface area contributed by atoms with Crippen LogP contribution in [0.4, 0.5) is 0 Å². The lowest BCUT2D eigenvalue weighted by atomic mass is 9.95. The maximum Gasteiger partial charge on any atom is 0.0462 e. The van der Waals surface area contributed by atoms with Crippen LogP contribution in [0.3, 0.4) is 0 Å². The SMILES string of the molecule is CCNC(CCCOC)CC1CCCC1. The van der Waals surface area contributed by atoms with E-state index in [1.165, 1.54) is 44.9 Å². The molecule has 0 heterocycles. The van der Waals surface area contributed by atoms with Gasteiger partial charge in [-0.15, -0.1) is 0 Å². The molecule has 90 valence electrons. The van der Waals surface area contributed by atoms with Crippen molar-refractivity contribution in [2.24, 2.45) is 5.92 Å². The van der Waals surface area contributed by atoms with Crippen LogP contribution < -0.4 is 5.32 Å². The smallest absolute Gasteiger partial charge is 0.0462 e. The third-order valence-electron chi connectivity index (χ3n) is 3.49. The Bertz CT molecular complexity index is 143. The van der Waals surface area contributed by atoms with E-state index in [1.54, 1.807) is 7.11 Å². The van der Waals surface area contributed by atoms with Crippen LogP contribution in [-0.4, -0.2) is 26.3 Å². The molecule has 2 heteroatoms. The predicted molar refractivity (Wildman–Crippen MR) is 65.1 cm³/mol. The number of ether oxygens (including phenoxy) is 1. The van der Waals surface area contributed by atoms with Crippen LogP contribution in [0.2, 0.25) is 0 Å². The zero-order valence-electron chi connectivity index (χ0n) is 10.4. The molecule has 1 saturated carbocycles. The van der Waals surface area contributed by atoms with Crippen LogP contribution in [0.5, 0.6) is 0 Å². The van der Waals surface area contributed by atoms with Gasteiger partial charge < -0.3 is 10.1 Å². The first kappa shape index (κ1) is 13.0. The van der Waals surface area contributed by atoms with E-state index in [0.717, 1.165) is 25.1 Å². The van der Waals surface area contributed by atoms with Crippen molar-refractivity contribution >= 4 is 0 Å². The van der Waals surface area contributed by atoms with Crippen molar-refractivity contribution in [2.75, 3.05) is 20.3 Å². The first-order valence-corrected chi connectivity index (χ1v) is 6.59. The van der Waals surface area contributed by atoms with Crippen LogP contribution >= 0.6 is 0 Å². The normalized spacial score (nSPS) is 19.6. The van der Waals surface area contributed by atoms with Gasteiger partial charge in [0, 0.05) is 19.8 Å². The second-order valence-electron chi connectivity index (χ2n) is 4.78. The van der Waals surface area contributed by atoms with Gasteiger partial charge in [-0.2, -0.15) is 0 Å². The summed E-state index contributed by atoms with van der Waals surface area (Å²) in [5, 5.41) is 3.61. The van der Waals surface area contributed by atoms with Crippen molar-refractivity contribution in [1.82, 2.24) is 5.32 Å². The summed E-state index contributed by atoms with van der Waals surface area (Å²) >= 11 is 0. The number of hydrogen-bond acceptors (Lipinski definition) is 2. The molecule has 0 bridgehead atoms. The Balaban J connectivity index is 2.16. The number of rotatable bonds is 8. The minimum Gasteiger partial charge on any atom is -0.385 e. The summed E-state index contributed by atoms with van der Waals surface area (Å²) in [5.74, 6) is 0.997. The summed E-state index contributed by atoms with van der Waals surface area (Å²) in [6, 6.07) is 0.730. The van der Waals surface area contributed by atoms with Gasteiger partial charge in [0.2, 0.25) is 0 Å². The lowest BCUT2D eigenvalue weighted by molar-refractivity contribution is 0.186. The minimum absolute atomic E-state index is 0.730. The van der Waals surface area contributed by atoms with E-state index in [2.05, 4.69) is 12.2 Å². The van der Waals surface area contributed by atoms with Crippen molar-refractivity contribution in [3.05, 3.63) is 0 Å². The summed E-state index contributed by atoms with van der Waals surface area (Å²) in [4.78, 5) is 0. The van der Waals surface area contributed by atoms with Gasteiger partial charge in [-0.05, 0) is 31.7 Å². The van der Waals surface area contributed by atoms with Crippen molar-refractivity contribution < 1.29 is 4.74 Å².